The van der Waals surface area contributed by atoms with E-state index in [0.717, 1.165) is 24.5 Å². The summed E-state index contributed by atoms with van der Waals surface area (Å²) in [5.41, 5.74) is 2.80. The van der Waals surface area contributed by atoms with Gasteiger partial charge in [-0.1, -0.05) is 12.1 Å². The Morgan fingerprint density at radius 2 is 2.18 bits per heavy atom. The van der Waals surface area contributed by atoms with Crippen LogP contribution in [0.3, 0.4) is 0 Å². The number of hydrogen-bond acceptors (Lipinski definition) is 4. The van der Waals surface area contributed by atoms with Crippen molar-refractivity contribution in [2.45, 2.75) is 44.7 Å². The van der Waals surface area contributed by atoms with Gasteiger partial charge in [-0.25, -0.2) is 4.98 Å². The second-order valence-corrected chi connectivity index (χ2v) is 7.68. The molecule has 1 aromatic heterocycles. The van der Waals surface area contributed by atoms with Crippen LogP contribution < -0.4 is 10.1 Å². The van der Waals surface area contributed by atoms with Gasteiger partial charge in [0.25, 0.3) is 0 Å². The van der Waals surface area contributed by atoms with Crippen LogP contribution in [0.25, 0.3) is 0 Å². The summed E-state index contributed by atoms with van der Waals surface area (Å²) in [6.45, 7) is 2.14. The van der Waals surface area contributed by atoms with Gasteiger partial charge >= 0.3 is 0 Å². The van der Waals surface area contributed by atoms with Gasteiger partial charge in [0.05, 0.1) is 13.2 Å². The number of methoxy groups -OCH3 is 1. The summed E-state index contributed by atoms with van der Waals surface area (Å²) < 4.78 is 5.52. The minimum absolute atomic E-state index is 0.417. The molecule has 0 amide bonds. The summed E-state index contributed by atoms with van der Waals surface area (Å²) in [5.74, 6) is 1.80. The quantitative estimate of drug-likeness (QED) is 0.898. The number of ether oxygens (including phenoxy) is 1. The molecule has 4 heteroatoms. The summed E-state index contributed by atoms with van der Waals surface area (Å²) in [7, 11) is 1.77. The van der Waals surface area contributed by atoms with E-state index >= 15 is 0 Å². The maximum absolute atomic E-state index is 5.52. The fraction of sp³-hybridized carbons (Fsp3) is 0.500. The molecule has 1 heterocycles. The maximum atomic E-state index is 5.52. The van der Waals surface area contributed by atoms with E-state index in [4.69, 9.17) is 4.74 Å². The van der Waals surface area contributed by atoms with E-state index in [1.807, 2.05) is 17.5 Å². The highest BCUT2D eigenvalue weighted by Crippen LogP contribution is 2.45. The van der Waals surface area contributed by atoms with Crippen molar-refractivity contribution in [3.8, 4) is 5.75 Å². The lowest BCUT2D eigenvalue weighted by Gasteiger charge is -2.22. The second-order valence-electron chi connectivity index (χ2n) is 6.41. The summed E-state index contributed by atoms with van der Waals surface area (Å²) in [4.78, 5) is 5.94. The SMILES string of the molecule is COc1cccc2c1CC[C@@H]2N[C@H](c1ncc(C)s1)C1CC1. The molecular weight excluding hydrogens is 292 g/mol. The highest BCUT2D eigenvalue weighted by atomic mass is 32.1. The molecule has 3 nitrogen and oxygen atoms in total. The first-order valence-electron chi connectivity index (χ1n) is 8.10. The molecule has 22 heavy (non-hydrogen) atoms. The minimum Gasteiger partial charge on any atom is -0.496 e. The van der Waals surface area contributed by atoms with Crippen molar-refractivity contribution >= 4 is 11.3 Å². The lowest BCUT2D eigenvalue weighted by Crippen LogP contribution is -2.26. The number of aryl methyl sites for hydroxylation is 1. The molecule has 2 aliphatic rings. The second kappa shape index (κ2) is 5.67. The van der Waals surface area contributed by atoms with Crippen molar-refractivity contribution in [2.75, 3.05) is 7.11 Å². The van der Waals surface area contributed by atoms with Crippen LogP contribution >= 0.6 is 11.3 Å². The van der Waals surface area contributed by atoms with E-state index in [1.54, 1.807) is 7.11 Å². The van der Waals surface area contributed by atoms with E-state index < -0.39 is 0 Å². The van der Waals surface area contributed by atoms with Gasteiger partial charge in [-0.15, -0.1) is 11.3 Å². The molecule has 2 aliphatic carbocycles. The van der Waals surface area contributed by atoms with Gasteiger partial charge < -0.3 is 10.1 Å². The Bertz CT molecular complexity index is 677. The lowest BCUT2D eigenvalue weighted by molar-refractivity contribution is 0.407. The van der Waals surface area contributed by atoms with Gasteiger partial charge in [0.1, 0.15) is 10.8 Å². The number of aromatic nitrogens is 1. The molecule has 4 rings (SSSR count). The summed E-state index contributed by atoms with van der Waals surface area (Å²) in [5, 5.41) is 5.17. The predicted octanol–water partition coefficient (Wildman–Crippen LogP) is 4.19. The molecule has 0 bridgehead atoms. The molecule has 0 spiro atoms. The Balaban J connectivity index is 1.59. The van der Waals surface area contributed by atoms with Gasteiger partial charge in [-0.3, -0.25) is 0 Å². The van der Waals surface area contributed by atoms with Crippen LogP contribution in [0.5, 0.6) is 5.75 Å². The molecule has 1 fully saturated rings. The zero-order chi connectivity index (χ0) is 15.1. The Kier molecular flexibility index (Phi) is 3.66. The summed E-state index contributed by atoms with van der Waals surface area (Å²) >= 11 is 1.84. The van der Waals surface area contributed by atoms with Crippen LogP contribution in [0.1, 0.15) is 52.4 Å². The third-order valence-electron chi connectivity index (χ3n) is 4.83. The number of hydrogen-bond donors (Lipinski definition) is 1. The molecule has 1 saturated carbocycles. The first-order valence-corrected chi connectivity index (χ1v) is 8.92. The first-order chi connectivity index (χ1) is 10.8. The summed E-state index contributed by atoms with van der Waals surface area (Å²) in [6, 6.07) is 7.28. The Morgan fingerprint density at radius 1 is 1.32 bits per heavy atom. The number of thiazole rings is 1. The van der Waals surface area contributed by atoms with Crippen LogP contribution in [-0.4, -0.2) is 12.1 Å². The molecule has 0 saturated heterocycles. The van der Waals surface area contributed by atoms with Crippen LogP contribution in [0.2, 0.25) is 0 Å². The van der Waals surface area contributed by atoms with Crippen molar-refractivity contribution in [3.05, 3.63) is 45.4 Å². The predicted molar refractivity (Wildman–Crippen MR) is 89.5 cm³/mol. The Morgan fingerprint density at radius 3 is 2.86 bits per heavy atom. The number of nitrogens with one attached hydrogen (secondary N) is 1. The normalized spacial score (nSPS) is 21.6. The van der Waals surface area contributed by atoms with E-state index in [1.165, 1.54) is 33.9 Å². The third-order valence-corrected chi connectivity index (χ3v) is 5.82. The molecular formula is C18H22N2OS. The number of benzene rings is 1. The molecule has 2 atom stereocenters. The number of rotatable bonds is 5. The lowest BCUT2D eigenvalue weighted by atomic mass is 10.1. The third kappa shape index (κ3) is 2.55. The highest BCUT2D eigenvalue weighted by molar-refractivity contribution is 7.11. The minimum atomic E-state index is 0.417. The van der Waals surface area contributed by atoms with Crippen molar-refractivity contribution in [1.29, 1.82) is 0 Å². The number of nitrogens with zero attached hydrogens (tertiary/aromatic N) is 1. The average Bonchev–Trinajstić information content (AvgIpc) is 3.15. The molecule has 1 N–H and O–H groups in total. The topological polar surface area (TPSA) is 34.1 Å². The van der Waals surface area contributed by atoms with Crippen LogP contribution in [-0.2, 0) is 6.42 Å². The fourth-order valence-corrected chi connectivity index (χ4v) is 4.48. The van der Waals surface area contributed by atoms with E-state index in [-0.39, 0.29) is 0 Å². The van der Waals surface area contributed by atoms with E-state index in [9.17, 15) is 0 Å². The fourth-order valence-electron chi connectivity index (χ4n) is 3.56. The Hall–Kier alpha value is -1.39. The smallest absolute Gasteiger partial charge is 0.122 e. The van der Waals surface area contributed by atoms with E-state index in [0.29, 0.717) is 12.1 Å². The van der Waals surface area contributed by atoms with Crippen molar-refractivity contribution in [2.24, 2.45) is 5.92 Å². The van der Waals surface area contributed by atoms with E-state index in [2.05, 4.69) is 35.4 Å². The van der Waals surface area contributed by atoms with Crippen molar-refractivity contribution < 1.29 is 4.74 Å². The maximum Gasteiger partial charge on any atom is 0.122 e. The number of fused-ring (bicyclic) bond motifs is 1. The van der Waals surface area contributed by atoms with Gasteiger partial charge in [0, 0.05) is 17.1 Å². The van der Waals surface area contributed by atoms with Crippen LogP contribution in [0, 0.1) is 12.8 Å². The molecule has 0 unspecified atom stereocenters. The van der Waals surface area contributed by atoms with Gasteiger partial charge in [-0.05, 0) is 55.7 Å². The molecule has 1 aromatic carbocycles. The van der Waals surface area contributed by atoms with Gasteiger partial charge in [0.2, 0.25) is 0 Å². The molecule has 2 aromatic rings. The summed E-state index contributed by atoms with van der Waals surface area (Å²) in [6.07, 6.45) is 6.92. The monoisotopic (exact) mass is 314 g/mol. The first kappa shape index (κ1) is 14.2. The van der Waals surface area contributed by atoms with Gasteiger partial charge in [-0.2, -0.15) is 0 Å². The van der Waals surface area contributed by atoms with Crippen LogP contribution in [0.4, 0.5) is 0 Å². The van der Waals surface area contributed by atoms with Crippen LogP contribution in [0.15, 0.2) is 24.4 Å². The average molecular weight is 314 g/mol. The highest BCUT2D eigenvalue weighted by Gasteiger charge is 2.37. The van der Waals surface area contributed by atoms with Gasteiger partial charge in [0.15, 0.2) is 0 Å². The molecule has 0 radical (unpaired) electrons. The van der Waals surface area contributed by atoms with Crippen molar-refractivity contribution in [1.82, 2.24) is 10.3 Å². The standard InChI is InChI=1S/C18H22N2OS/c1-11-10-19-18(22-11)17(12-6-7-12)20-15-9-8-14-13(15)4-3-5-16(14)21-2/h3-5,10,12,15,17,20H,6-9H2,1-2H3/t15-,17-/m0/s1. The zero-order valence-corrected chi connectivity index (χ0v) is 14.0. The zero-order valence-electron chi connectivity index (χ0n) is 13.1. The molecule has 0 aliphatic heterocycles. The molecule has 116 valence electrons. The van der Waals surface area contributed by atoms with Crippen molar-refractivity contribution in [3.63, 3.8) is 0 Å². The Labute approximate surface area is 135 Å². The largest absolute Gasteiger partial charge is 0.496 e.